The lowest BCUT2D eigenvalue weighted by Crippen LogP contribution is -2.37. The Morgan fingerprint density at radius 2 is 1.80 bits per heavy atom. The summed E-state index contributed by atoms with van der Waals surface area (Å²) >= 11 is 0. The number of esters is 1. The second kappa shape index (κ2) is 7.61. The Balaban J connectivity index is 1.59. The summed E-state index contributed by atoms with van der Waals surface area (Å²) in [6.45, 7) is 4.32. The Labute approximate surface area is 146 Å². The average Bonchev–Trinajstić information content (AvgIpc) is 3.20. The summed E-state index contributed by atoms with van der Waals surface area (Å²) in [5.74, 6) is -1.59. The number of hydrogen-bond donors (Lipinski definition) is 0. The molecule has 2 fully saturated rings. The van der Waals surface area contributed by atoms with Gasteiger partial charge in [0.25, 0.3) is 0 Å². The van der Waals surface area contributed by atoms with E-state index in [0.717, 1.165) is 0 Å². The van der Waals surface area contributed by atoms with Gasteiger partial charge in [0.1, 0.15) is 18.8 Å². The zero-order valence-electron chi connectivity index (χ0n) is 14.3. The molecule has 0 N–H and O–H groups in total. The predicted octanol–water partition coefficient (Wildman–Crippen LogP) is 1.70. The number of ether oxygens (including phenoxy) is 5. The van der Waals surface area contributed by atoms with E-state index in [1.807, 2.05) is 6.07 Å². The lowest BCUT2D eigenvalue weighted by molar-refractivity contribution is -0.159. The van der Waals surface area contributed by atoms with E-state index in [4.69, 9.17) is 23.7 Å². The van der Waals surface area contributed by atoms with Crippen molar-refractivity contribution in [1.82, 2.24) is 0 Å². The van der Waals surface area contributed by atoms with Crippen molar-refractivity contribution in [2.75, 3.05) is 19.8 Å². The molecule has 136 valence electrons. The van der Waals surface area contributed by atoms with Crippen LogP contribution in [0.25, 0.3) is 0 Å². The fourth-order valence-electron chi connectivity index (χ4n) is 2.85. The minimum atomic E-state index is -0.929. The van der Waals surface area contributed by atoms with E-state index in [9.17, 15) is 9.59 Å². The van der Waals surface area contributed by atoms with Gasteiger partial charge in [0.2, 0.25) is 0 Å². The van der Waals surface area contributed by atoms with Crippen molar-refractivity contribution in [3.05, 3.63) is 35.9 Å². The van der Waals surface area contributed by atoms with Gasteiger partial charge in [-0.2, -0.15) is 0 Å². The quantitative estimate of drug-likeness (QED) is 0.722. The lowest BCUT2D eigenvalue weighted by Gasteiger charge is -2.17. The summed E-state index contributed by atoms with van der Waals surface area (Å²) in [6, 6.07) is 8.64. The van der Waals surface area contributed by atoms with E-state index in [0.29, 0.717) is 18.8 Å². The van der Waals surface area contributed by atoms with Gasteiger partial charge >= 0.3 is 5.97 Å². The summed E-state index contributed by atoms with van der Waals surface area (Å²) in [5.41, 5.74) is 0.441. The molecule has 1 aromatic rings. The maximum absolute atomic E-state index is 12.5. The number of benzene rings is 1. The maximum Gasteiger partial charge on any atom is 0.338 e. The van der Waals surface area contributed by atoms with Crippen LogP contribution in [-0.2, 0) is 28.5 Å². The molecule has 0 amide bonds. The maximum atomic E-state index is 12.5. The molecule has 3 rings (SSSR count). The van der Waals surface area contributed by atoms with E-state index < -0.39 is 30.3 Å². The van der Waals surface area contributed by atoms with Crippen LogP contribution in [0.2, 0.25) is 0 Å². The molecule has 2 aliphatic rings. The Hall–Kier alpha value is -1.80. The Kier molecular flexibility index (Phi) is 5.48. The summed E-state index contributed by atoms with van der Waals surface area (Å²) in [7, 11) is 0. The molecule has 0 aromatic heterocycles. The van der Waals surface area contributed by atoms with E-state index in [1.165, 1.54) is 0 Å². The van der Waals surface area contributed by atoms with Crippen molar-refractivity contribution in [2.24, 2.45) is 0 Å². The highest BCUT2D eigenvalue weighted by molar-refractivity contribution is 5.89. The van der Waals surface area contributed by atoms with Crippen LogP contribution in [0.15, 0.2) is 30.3 Å². The third-order valence-electron chi connectivity index (χ3n) is 3.95. The van der Waals surface area contributed by atoms with Crippen LogP contribution >= 0.6 is 0 Å². The molecule has 7 heteroatoms. The first kappa shape index (κ1) is 18.0. The highest BCUT2D eigenvalue weighted by atomic mass is 16.8. The molecule has 0 spiro atoms. The number of carbonyl (C=O) groups is 2. The summed E-state index contributed by atoms with van der Waals surface area (Å²) < 4.78 is 27.3. The van der Waals surface area contributed by atoms with Gasteiger partial charge in [-0.05, 0) is 26.0 Å². The van der Waals surface area contributed by atoms with Gasteiger partial charge in [0.15, 0.2) is 17.9 Å². The number of Topliss-reactive ketones (excluding diaryl/α,β-unsaturated/α-hetero) is 1. The fraction of sp³-hybridized carbons (Fsp3) is 0.556. The molecule has 0 saturated carbocycles. The van der Waals surface area contributed by atoms with Crippen molar-refractivity contribution in [3.8, 4) is 0 Å². The van der Waals surface area contributed by atoms with E-state index >= 15 is 0 Å². The van der Waals surface area contributed by atoms with Gasteiger partial charge < -0.3 is 23.7 Å². The second-order valence-electron chi connectivity index (χ2n) is 6.40. The van der Waals surface area contributed by atoms with Gasteiger partial charge in [-0.25, -0.2) is 4.79 Å². The molecular weight excluding hydrogens is 328 g/mol. The van der Waals surface area contributed by atoms with Crippen LogP contribution in [-0.4, -0.2) is 55.9 Å². The van der Waals surface area contributed by atoms with Crippen LogP contribution < -0.4 is 0 Å². The number of hydrogen-bond acceptors (Lipinski definition) is 7. The Morgan fingerprint density at radius 3 is 2.48 bits per heavy atom. The number of rotatable bonds is 6. The largest absolute Gasteiger partial charge is 0.459 e. The van der Waals surface area contributed by atoms with Crippen molar-refractivity contribution in [1.29, 1.82) is 0 Å². The summed E-state index contributed by atoms with van der Waals surface area (Å²) in [4.78, 5) is 24.6. The van der Waals surface area contributed by atoms with Gasteiger partial charge in [0, 0.05) is 0 Å². The fourth-order valence-corrected chi connectivity index (χ4v) is 2.85. The Bertz CT molecular complexity index is 607. The first-order valence-corrected chi connectivity index (χ1v) is 8.28. The van der Waals surface area contributed by atoms with E-state index in [2.05, 4.69) is 0 Å². The topological polar surface area (TPSA) is 80.3 Å². The number of ketones is 1. The van der Waals surface area contributed by atoms with Crippen molar-refractivity contribution in [2.45, 2.75) is 44.6 Å². The van der Waals surface area contributed by atoms with Crippen LogP contribution in [0.1, 0.15) is 30.6 Å². The zero-order valence-corrected chi connectivity index (χ0v) is 14.3. The molecule has 2 saturated heterocycles. The molecule has 0 radical (unpaired) electrons. The SMILES string of the molecule is CC1(C)O[C@@H](COC(=O)c2ccccc2)[C@H](C(=O)CC2OCCO2)O1. The van der Waals surface area contributed by atoms with E-state index in [-0.39, 0.29) is 18.8 Å². The second-order valence-corrected chi connectivity index (χ2v) is 6.40. The molecule has 0 unspecified atom stereocenters. The van der Waals surface area contributed by atoms with Crippen LogP contribution in [0, 0.1) is 0 Å². The summed E-state index contributed by atoms with van der Waals surface area (Å²) in [6.07, 6.45) is -1.97. The standard InChI is InChI=1S/C18H22O7/c1-18(2)24-14(11-23-17(20)12-6-4-3-5-7-12)16(25-18)13(19)10-15-21-8-9-22-15/h3-7,14-16H,8-11H2,1-2H3/t14-,16-/m0/s1. The smallest absolute Gasteiger partial charge is 0.338 e. The summed E-state index contributed by atoms with van der Waals surface area (Å²) in [5, 5.41) is 0. The van der Waals surface area contributed by atoms with E-state index in [1.54, 1.807) is 38.1 Å². The minimum absolute atomic E-state index is 0.0695. The molecule has 2 aliphatic heterocycles. The molecule has 25 heavy (non-hydrogen) atoms. The molecule has 7 nitrogen and oxygen atoms in total. The van der Waals surface area contributed by atoms with Crippen molar-refractivity contribution >= 4 is 11.8 Å². The van der Waals surface area contributed by atoms with Gasteiger partial charge in [-0.1, -0.05) is 18.2 Å². The molecule has 2 heterocycles. The monoisotopic (exact) mass is 350 g/mol. The third-order valence-corrected chi connectivity index (χ3v) is 3.95. The van der Waals surface area contributed by atoms with Crippen LogP contribution in [0.4, 0.5) is 0 Å². The average molecular weight is 350 g/mol. The third kappa shape index (κ3) is 4.64. The highest BCUT2D eigenvalue weighted by Crippen LogP contribution is 2.30. The van der Waals surface area contributed by atoms with Crippen molar-refractivity contribution < 1.29 is 33.3 Å². The van der Waals surface area contributed by atoms with Crippen LogP contribution in [0.5, 0.6) is 0 Å². The Morgan fingerprint density at radius 1 is 1.12 bits per heavy atom. The van der Waals surface area contributed by atoms with Crippen molar-refractivity contribution in [3.63, 3.8) is 0 Å². The molecule has 0 aliphatic carbocycles. The lowest BCUT2D eigenvalue weighted by atomic mass is 10.1. The van der Waals surface area contributed by atoms with Gasteiger partial charge in [-0.15, -0.1) is 0 Å². The predicted molar refractivity (Wildman–Crippen MR) is 85.9 cm³/mol. The highest BCUT2D eigenvalue weighted by Gasteiger charge is 2.46. The molecule has 2 atom stereocenters. The van der Waals surface area contributed by atoms with Gasteiger partial charge in [0.05, 0.1) is 25.2 Å². The first-order valence-electron chi connectivity index (χ1n) is 8.28. The zero-order chi connectivity index (χ0) is 17.9. The minimum Gasteiger partial charge on any atom is -0.459 e. The molecular formula is C18H22O7. The first-order chi connectivity index (χ1) is 11.9. The molecule has 0 bridgehead atoms. The number of carbonyl (C=O) groups excluding carboxylic acids is 2. The normalized spacial score (nSPS) is 25.8. The molecule has 1 aromatic carbocycles. The van der Waals surface area contributed by atoms with Gasteiger partial charge in [-0.3, -0.25) is 4.79 Å². The van der Waals surface area contributed by atoms with Crippen LogP contribution in [0.3, 0.4) is 0 Å².